The molecule has 5 heteroatoms. The zero-order valence-electron chi connectivity index (χ0n) is 12.7. The van der Waals surface area contributed by atoms with Crippen molar-refractivity contribution < 1.29 is 19.3 Å². The Morgan fingerprint density at radius 2 is 1.80 bits per heavy atom. The highest BCUT2D eigenvalue weighted by Crippen LogP contribution is 2.42. The number of methoxy groups -OCH3 is 3. The van der Waals surface area contributed by atoms with Crippen LogP contribution in [0.25, 0.3) is 0 Å². The number of hydrogen-bond acceptors (Lipinski definition) is 5. The molecule has 114 valence electrons. The molecule has 1 aromatic rings. The van der Waals surface area contributed by atoms with Crippen LogP contribution in [-0.2, 0) is 0 Å². The van der Waals surface area contributed by atoms with Crippen molar-refractivity contribution in [2.45, 2.75) is 25.8 Å². The minimum atomic E-state index is 0.0229. The Bertz CT molecular complexity index is 409. The first-order valence-corrected chi connectivity index (χ1v) is 6.86. The molecule has 0 aliphatic rings. The molecule has 0 aliphatic carbocycles. The summed E-state index contributed by atoms with van der Waals surface area (Å²) >= 11 is 0. The molecule has 0 saturated heterocycles. The van der Waals surface area contributed by atoms with E-state index in [1.54, 1.807) is 21.3 Å². The first kappa shape index (κ1) is 16.6. The van der Waals surface area contributed by atoms with Gasteiger partial charge in [0.15, 0.2) is 11.5 Å². The molecule has 20 heavy (non-hydrogen) atoms. The van der Waals surface area contributed by atoms with Gasteiger partial charge in [0.05, 0.1) is 21.3 Å². The molecule has 1 unspecified atom stereocenters. The van der Waals surface area contributed by atoms with Crippen molar-refractivity contribution in [3.63, 3.8) is 0 Å². The molecule has 0 heterocycles. The summed E-state index contributed by atoms with van der Waals surface area (Å²) in [5.74, 6) is 1.86. The zero-order chi connectivity index (χ0) is 15.0. The standard InChI is InChI=1S/C15H25NO4/c1-5-9-16-12(8-10-17)11-6-7-13(18-2)15(20-4)14(11)19-3/h6-7,12,16-17H,5,8-10H2,1-4H3. The number of nitrogens with one attached hydrogen (secondary N) is 1. The molecule has 0 amide bonds. The van der Waals surface area contributed by atoms with Crippen LogP contribution in [0.15, 0.2) is 12.1 Å². The summed E-state index contributed by atoms with van der Waals surface area (Å²) in [5.41, 5.74) is 0.965. The first-order valence-electron chi connectivity index (χ1n) is 6.86. The molecule has 0 saturated carbocycles. The molecule has 1 atom stereocenters. The molecule has 5 nitrogen and oxygen atoms in total. The van der Waals surface area contributed by atoms with Gasteiger partial charge in [0.25, 0.3) is 0 Å². The van der Waals surface area contributed by atoms with Gasteiger partial charge in [0.1, 0.15) is 0 Å². The van der Waals surface area contributed by atoms with Crippen molar-refractivity contribution in [2.75, 3.05) is 34.5 Å². The fourth-order valence-corrected chi connectivity index (χ4v) is 2.21. The average molecular weight is 283 g/mol. The Balaban J connectivity index is 3.19. The fraction of sp³-hybridized carbons (Fsp3) is 0.600. The van der Waals surface area contributed by atoms with Crippen molar-refractivity contribution in [3.05, 3.63) is 17.7 Å². The summed E-state index contributed by atoms with van der Waals surface area (Å²) in [6.07, 6.45) is 1.64. The van der Waals surface area contributed by atoms with Gasteiger partial charge in [0, 0.05) is 18.2 Å². The van der Waals surface area contributed by atoms with Gasteiger partial charge in [-0.1, -0.05) is 6.92 Å². The van der Waals surface area contributed by atoms with E-state index in [0.717, 1.165) is 18.5 Å². The summed E-state index contributed by atoms with van der Waals surface area (Å²) in [7, 11) is 4.79. The summed E-state index contributed by atoms with van der Waals surface area (Å²) in [5, 5.41) is 12.7. The van der Waals surface area contributed by atoms with Gasteiger partial charge in [-0.25, -0.2) is 0 Å². The average Bonchev–Trinajstić information content (AvgIpc) is 2.49. The number of ether oxygens (including phenoxy) is 3. The summed E-state index contributed by atoms with van der Waals surface area (Å²) in [4.78, 5) is 0. The third kappa shape index (κ3) is 3.77. The zero-order valence-corrected chi connectivity index (χ0v) is 12.7. The first-order chi connectivity index (χ1) is 9.73. The molecule has 0 radical (unpaired) electrons. The lowest BCUT2D eigenvalue weighted by atomic mass is 10.0. The number of aliphatic hydroxyl groups excluding tert-OH is 1. The highest BCUT2D eigenvalue weighted by Gasteiger charge is 2.21. The molecular weight excluding hydrogens is 258 g/mol. The van der Waals surface area contributed by atoms with Gasteiger partial charge in [-0.3, -0.25) is 0 Å². The summed E-state index contributed by atoms with van der Waals surface area (Å²) < 4.78 is 16.2. The van der Waals surface area contributed by atoms with Gasteiger partial charge in [-0.2, -0.15) is 0 Å². The summed E-state index contributed by atoms with van der Waals surface area (Å²) in [6, 6.07) is 3.83. The van der Waals surface area contributed by atoms with E-state index in [4.69, 9.17) is 14.2 Å². The molecule has 0 spiro atoms. The van der Waals surface area contributed by atoms with Gasteiger partial charge in [-0.15, -0.1) is 0 Å². The van der Waals surface area contributed by atoms with Crippen LogP contribution in [0.1, 0.15) is 31.4 Å². The Morgan fingerprint density at radius 3 is 2.30 bits per heavy atom. The van der Waals surface area contributed by atoms with E-state index >= 15 is 0 Å². The maximum absolute atomic E-state index is 9.25. The maximum Gasteiger partial charge on any atom is 0.203 e. The minimum absolute atomic E-state index is 0.0229. The molecule has 1 aromatic carbocycles. The van der Waals surface area contributed by atoms with E-state index < -0.39 is 0 Å². The number of hydrogen-bond donors (Lipinski definition) is 2. The highest BCUT2D eigenvalue weighted by molar-refractivity contribution is 5.56. The van der Waals surface area contributed by atoms with Crippen LogP contribution in [-0.4, -0.2) is 39.6 Å². The van der Waals surface area contributed by atoms with Crippen LogP contribution >= 0.6 is 0 Å². The highest BCUT2D eigenvalue weighted by atomic mass is 16.5. The molecule has 1 rings (SSSR count). The number of benzene rings is 1. The Morgan fingerprint density at radius 1 is 1.10 bits per heavy atom. The van der Waals surface area contributed by atoms with Crippen LogP contribution in [0.4, 0.5) is 0 Å². The third-order valence-corrected chi connectivity index (χ3v) is 3.17. The second-order valence-electron chi connectivity index (χ2n) is 4.44. The second-order valence-corrected chi connectivity index (χ2v) is 4.44. The Kier molecular flexibility index (Phi) is 7.18. The molecule has 0 aromatic heterocycles. The fourth-order valence-electron chi connectivity index (χ4n) is 2.21. The monoisotopic (exact) mass is 283 g/mol. The predicted octanol–water partition coefficient (Wildman–Crippen LogP) is 2.14. The van der Waals surface area contributed by atoms with Crippen molar-refractivity contribution in [1.82, 2.24) is 5.32 Å². The number of aliphatic hydroxyl groups is 1. The summed E-state index contributed by atoms with van der Waals surface area (Å²) in [6.45, 7) is 3.09. The van der Waals surface area contributed by atoms with E-state index in [1.807, 2.05) is 12.1 Å². The lowest BCUT2D eigenvalue weighted by molar-refractivity contribution is 0.262. The maximum atomic E-state index is 9.25. The van der Waals surface area contributed by atoms with Crippen LogP contribution < -0.4 is 19.5 Å². The van der Waals surface area contributed by atoms with Crippen LogP contribution in [0.3, 0.4) is 0 Å². The van der Waals surface area contributed by atoms with E-state index in [1.165, 1.54) is 0 Å². The molecule has 2 N–H and O–H groups in total. The SMILES string of the molecule is CCCNC(CCO)c1ccc(OC)c(OC)c1OC. The second kappa shape index (κ2) is 8.66. The van der Waals surface area contributed by atoms with Gasteiger partial charge >= 0.3 is 0 Å². The normalized spacial score (nSPS) is 12.1. The number of rotatable bonds is 9. The molecular formula is C15H25NO4. The van der Waals surface area contributed by atoms with Crippen LogP contribution in [0.5, 0.6) is 17.2 Å². The van der Waals surface area contributed by atoms with Gasteiger partial charge < -0.3 is 24.6 Å². The topological polar surface area (TPSA) is 60.0 Å². The lowest BCUT2D eigenvalue weighted by Gasteiger charge is -2.22. The van der Waals surface area contributed by atoms with Crippen molar-refractivity contribution >= 4 is 0 Å². The van der Waals surface area contributed by atoms with Crippen molar-refractivity contribution in [1.29, 1.82) is 0 Å². The van der Waals surface area contributed by atoms with E-state index in [2.05, 4.69) is 12.2 Å². The van der Waals surface area contributed by atoms with E-state index in [9.17, 15) is 5.11 Å². The minimum Gasteiger partial charge on any atom is -0.493 e. The van der Waals surface area contributed by atoms with Crippen molar-refractivity contribution in [2.24, 2.45) is 0 Å². The van der Waals surface area contributed by atoms with Gasteiger partial charge in [0.2, 0.25) is 5.75 Å². The van der Waals surface area contributed by atoms with Crippen LogP contribution in [0, 0.1) is 0 Å². The lowest BCUT2D eigenvalue weighted by Crippen LogP contribution is -2.23. The molecule has 0 bridgehead atoms. The molecule has 0 aliphatic heterocycles. The smallest absolute Gasteiger partial charge is 0.203 e. The predicted molar refractivity (Wildman–Crippen MR) is 78.8 cm³/mol. The Labute approximate surface area is 120 Å². The van der Waals surface area contributed by atoms with E-state index in [-0.39, 0.29) is 12.6 Å². The van der Waals surface area contributed by atoms with Gasteiger partial charge in [-0.05, 0) is 31.5 Å². The molecule has 0 fully saturated rings. The quantitative estimate of drug-likeness (QED) is 0.727. The largest absolute Gasteiger partial charge is 0.493 e. The van der Waals surface area contributed by atoms with Crippen molar-refractivity contribution in [3.8, 4) is 17.2 Å². The van der Waals surface area contributed by atoms with E-state index in [0.29, 0.717) is 23.7 Å². The third-order valence-electron chi connectivity index (χ3n) is 3.17. The Hall–Kier alpha value is -1.46. The van der Waals surface area contributed by atoms with Crippen LogP contribution in [0.2, 0.25) is 0 Å².